The van der Waals surface area contributed by atoms with Crippen molar-refractivity contribution in [1.82, 2.24) is 14.9 Å². The van der Waals surface area contributed by atoms with Crippen molar-refractivity contribution < 1.29 is 17.9 Å². The van der Waals surface area contributed by atoms with Crippen molar-refractivity contribution in [2.75, 3.05) is 39.9 Å². The van der Waals surface area contributed by atoms with Crippen LogP contribution in [-0.4, -0.2) is 58.5 Å². The lowest BCUT2D eigenvalue weighted by molar-refractivity contribution is -0.121. The summed E-state index contributed by atoms with van der Waals surface area (Å²) in [6.45, 7) is 2.79. The number of benzene rings is 1. The fourth-order valence-electron chi connectivity index (χ4n) is 2.69. The predicted octanol–water partition coefficient (Wildman–Crippen LogP) is 0.464. The van der Waals surface area contributed by atoms with Crippen LogP contribution in [-0.2, 0) is 31.9 Å². The van der Waals surface area contributed by atoms with Crippen molar-refractivity contribution in [2.45, 2.75) is 25.1 Å². The quantitative estimate of drug-likeness (QED) is 0.618. The average molecular weight is 369 g/mol. The molecule has 1 saturated heterocycles. The average Bonchev–Trinajstić information content (AvgIpc) is 2.62. The van der Waals surface area contributed by atoms with Crippen LogP contribution >= 0.6 is 0 Å². The SMILES string of the molecule is CNCCCC(=O)NCc1ccccc1CS(=O)(=O)N1CCOCC1. The second kappa shape index (κ2) is 9.86. The third kappa shape index (κ3) is 6.39. The van der Waals surface area contributed by atoms with Crippen LogP contribution in [0.1, 0.15) is 24.0 Å². The second-order valence-electron chi connectivity index (χ2n) is 6.02. The lowest BCUT2D eigenvalue weighted by Crippen LogP contribution is -2.41. The highest BCUT2D eigenvalue weighted by molar-refractivity contribution is 7.88. The number of hydrogen-bond acceptors (Lipinski definition) is 5. The van der Waals surface area contributed by atoms with E-state index in [1.807, 2.05) is 25.2 Å². The fourth-order valence-corrected chi connectivity index (χ4v) is 4.25. The van der Waals surface area contributed by atoms with Gasteiger partial charge in [0, 0.05) is 26.1 Å². The number of morpholine rings is 1. The second-order valence-corrected chi connectivity index (χ2v) is 7.99. The maximum Gasteiger partial charge on any atom is 0.220 e. The summed E-state index contributed by atoms with van der Waals surface area (Å²) >= 11 is 0. The summed E-state index contributed by atoms with van der Waals surface area (Å²) in [5.41, 5.74) is 1.56. The number of ether oxygens (including phenoxy) is 1. The summed E-state index contributed by atoms with van der Waals surface area (Å²) in [5.74, 6) is -0.0835. The van der Waals surface area contributed by atoms with Gasteiger partial charge in [-0.25, -0.2) is 8.42 Å². The zero-order chi connectivity index (χ0) is 18.1. The van der Waals surface area contributed by atoms with Gasteiger partial charge in [0.1, 0.15) is 0 Å². The van der Waals surface area contributed by atoms with Gasteiger partial charge in [0.05, 0.1) is 19.0 Å². The molecule has 1 heterocycles. The topological polar surface area (TPSA) is 87.7 Å². The van der Waals surface area contributed by atoms with Gasteiger partial charge in [0.15, 0.2) is 0 Å². The van der Waals surface area contributed by atoms with Crippen LogP contribution in [0, 0.1) is 0 Å². The van der Waals surface area contributed by atoms with E-state index in [9.17, 15) is 13.2 Å². The Morgan fingerprint density at radius 2 is 1.88 bits per heavy atom. The molecule has 0 aliphatic carbocycles. The van der Waals surface area contributed by atoms with E-state index in [2.05, 4.69) is 10.6 Å². The van der Waals surface area contributed by atoms with E-state index in [0.29, 0.717) is 39.3 Å². The molecule has 0 atom stereocenters. The van der Waals surface area contributed by atoms with Crippen molar-refractivity contribution in [3.63, 3.8) is 0 Å². The largest absolute Gasteiger partial charge is 0.379 e. The molecule has 1 aliphatic heterocycles. The highest BCUT2D eigenvalue weighted by atomic mass is 32.2. The normalized spacial score (nSPS) is 15.9. The molecule has 2 N–H and O–H groups in total. The Kier molecular flexibility index (Phi) is 7.83. The molecule has 1 fully saturated rings. The van der Waals surface area contributed by atoms with E-state index in [-0.39, 0.29) is 11.7 Å². The van der Waals surface area contributed by atoms with Gasteiger partial charge in [-0.3, -0.25) is 4.79 Å². The van der Waals surface area contributed by atoms with Gasteiger partial charge in [0.2, 0.25) is 15.9 Å². The lowest BCUT2D eigenvalue weighted by atomic mass is 10.1. The molecular weight excluding hydrogens is 342 g/mol. The molecule has 0 bridgehead atoms. The van der Waals surface area contributed by atoms with Crippen LogP contribution < -0.4 is 10.6 Å². The molecule has 7 nitrogen and oxygen atoms in total. The van der Waals surface area contributed by atoms with E-state index >= 15 is 0 Å². The zero-order valence-electron chi connectivity index (χ0n) is 14.7. The minimum absolute atomic E-state index is 0.0268. The first kappa shape index (κ1) is 19.8. The first-order chi connectivity index (χ1) is 12.0. The molecule has 25 heavy (non-hydrogen) atoms. The summed E-state index contributed by atoms with van der Waals surface area (Å²) < 4.78 is 31.9. The number of rotatable bonds is 9. The minimum Gasteiger partial charge on any atom is -0.379 e. The molecule has 1 aromatic rings. The molecule has 0 unspecified atom stereocenters. The minimum atomic E-state index is -3.38. The van der Waals surface area contributed by atoms with Crippen molar-refractivity contribution in [3.05, 3.63) is 35.4 Å². The fraction of sp³-hybridized carbons (Fsp3) is 0.588. The molecule has 1 aliphatic rings. The van der Waals surface area contributed by atoms with Crippen LogP contribution in [0.4, 0.5) is 0 Å². The van der Waals surface area contributed by atoms with Gasteiger partial charge in [-0.15, -0.1) is 0 Å². The van der Waals surface area contributed by atoms with Crippen LogP contribution in [0.5, 0.6) is 0 Å². The van der Waals surface area contributed by atoms with Gasteiger partial charge in [-0.1, -0.05) is 24.3 Å². The first-order valence-corrected chi connectivity index (χ1v) is 10.2. The third-order valence-electron chi connectivity index (χ3n) is 4.13. The Bertz CT molecular complexity index is 658. The Hall–Kier alpha value is -1.48. The van der Waals surface area contributed by atoms with Gasteiger partial charge in [-0.05, 0) is 31.1 Å². The van der Waals surface area contributed by atoms with Crippen LogP contribution in [0.15, 0.2) is 24.3 Å². The van der Waals surface area contributed by atoms with Gasteiger partial charge in [-0.2, -0.15) is 4.31 Å². The number of amides is 1. The van der Waals surface area contributed by atoms with Crippen LogP contribution in [0.3, 0.4) is 0 Å². The number of carbonyl (C=O) groups excluding carboxylic acids is 1. The van der Waals surface area contributed by atoms with E-state index in [1.54, 1.807) is 6.07 Å². The number of nitrogens with zero attached hydrogens (tertiary/aromatic N) is 1. The van der Waals surface area contributed by atoms with Crippen LogP contribution in [0.2, 0.25) is 0 Å². The van der Waals surface area contributed by atoms with Crippen molar-refractivity contribution in [2.24, 2.45) is 0 Å². The monoisotopic (exact) mass is 369 g/mol. The van der Waals surface area contributed by atoms with E-state index in [4.69, 9.17) is 4.74 Å². The third-order valence-corrected chi connectivity index (χ3v) is 5.95. The van der Waals surface area contributed by atoms with Crippen molar-refractivity contribution in [3.8, 4) is 0 Å². The Morgan fingerprint density at radius 3 is 2.56 bits per heavy atom. The maximum atomic E-state index is 12.6. The summed E-state index contributed by atoms with van der Waals surface area (Å²) in [5, 5.41) is 5.87. The molecule has 8 heteroatoms. The number of carbonyl (C=O) groups is 1. The first-order valence-electron chi connectivity index (χ1n) is 8.56. The van der Waals surface area contributed by atoms with Gasteiger partial charge >= 0.3 is 0 Å². The lowest BCUT2D eigenvalue weighted by Gasteiger charge is -2.26. The van der Waals surface area contributed by atoms with E-state index in [1.165, 1.54) is 4.31 Å². The van der Waals surface area contributed by atoms with Gasteiger partial charge < -0.3 is 15.4 Å². The van der Waals surface area contributed by atoms with Crippen molar-refractivity contribution >= 4 is 15.9 Å². The summed E-state index contributed by atoms with van der Waals surface area (Å²) in [6, 6.07) is 7.34. The summed E-state index contributed by atoms with van der Waals surface area (Å²) in [7, 11) is -1.53. The van der Waals surface area contributed by atoms with Gasteiger partial charge in [0.25, 0.3) is 0 Å². The number of hydrogen-bond donors (Lipinski definition) is 2. The molecule has 0 spiro atoms. The summed E-state index contributed by atoms with van der Waals surface area (Å²) in [6.07, 6.45) is 1.23. The molecule has 2 rings (SSSR count). The zero-order valence-corrected chi connectivity index (χ0v) is 15.5. The maximum absolute atomic E-state index is 12.6. The summed E-state index contributed by atoms with van der Waals surface area (Å²) in [4.78, 5) is 11.9. The van der Waals surface area contributed by atoms with Crippen LogP contribution in [0.25, 0.3) is 0 Å². The molecule has 0 saturated carbocycles. The Morgan fingerprint density at radius 1 is 1.20 bits per heavy atom. The molecule has 0 radical (unpaired) electrons. The van der Waals surface area contributed by atoms with E-state index in [0.717, 1.165) is 24.1 Å². The molecule has 140 valence electrons. The molecule has 1 amide bonds. The smallest absolute Gasteiger partial charge is 0.220 e. The highest BCUT2D eigenvalue weighted by Gasteiger charge is 2.25. The molecular formula is C17H27N3O4S. The number of nitrogens with one attached hydrogen (secondary N) is 2. The number of sulfonamides is 1. The predicted molar refractivity (Wildman–Crippen MR) is 96.5 cm³/mol. The highest BCUT2D eigenvalue weighted by Crippen LogP contribution is 2.16. The Balaban J connectivity index is 1.96. The molecule has 0 aromatic heterocycles. The van der Waals surface area contributed by atoms with E-state index < -0.39 is 10.0 Å². The standard InChI is InChI=1S/C17H27N3O4S/c1-18-8-4-7-17(21)19-13-15-5-2-3-6-16(15)14-25(22,23)20-9-11-24-12-10-20/h2-3,5-6,18H,4,7-14H2,1H3,(H,19,21). The van der Waals surface area contributed by atoms with Crippen molar-refractivity contribution in [1.29, 1.82) is 0 Å². The molecule has 1 aromatic carbocycles. The Labute approximate surface area is 149 Å².